The molecule has 6 aromatic rings. The molecule has 0 aliphatic heterocycles. The lowest BCUT2D eigenvalue weighted by Gasteiger charge is -2.31. The van der Waals surface area contributed by atoms with Crippen LogP contribution in [0.25, 0.3) is 21.9 Å². The van der Waals surface area contributed by atoms with Crippen molar-refractivity contribution in [3.05, 3.63) is 130 Å². The average molecular weight is 1020 g/mol. The number of carbonyl (C=O) groups is 4. The molecule has 3 N–H and O–H groups in total. The van der Waals surface area contributed by atoms with Crippen LogP contribution in [0.15, 0.2) is 93.8 Å². The van der Waals surface area contributed by atoms with Gasteiger partial charge in [0.15, 0.2) is 0 Å². The van der Waals surface area contributed by atoms with E-state index in [1.54, 1.807) is 71.6 Å². The predicted octanol–water partition coefficient (Wildman–Crippen LogP) is 12.5. The molecule has 74 heavy (non-hydrogen) atoms. The van der Waals surface area contributed by atoms with Gasteiger partial charge < -0.3 is 48.6 Å². The van der Waals surface area contributed by atoms with Gasteiger partial charge in [0.25, 0.3) is 11.8 Å². The molecule has 396 valence electrons. The summed E-state index contributed by atoms with van der Waals surface area (Å²) in [6, 6.07) is 23.4. The van der Waals surface area contributed by atoms with Gasteiger partial charge in [-0.15, -0.1) is 0 Å². The number of halogens is 2. The third-order valence-electron chi connectivity index (χ3n) is 14.2. The first-order valence-electron chi connectivity index (χ1n) is 25.8. The lowest BCUT2D eigenvalue weighted by molar-refractivity contribution is -0.143. The van der Waals surface area contributed by atoms with Crippen LogP contribution in [-0.4, -0.2) is 86.7 Å². The number of ether oxygens (including phenoxy) is 3. The van der Waals surface area contributed by atoms with Crippen LogP contribution in [0.1, 0.15) is 139 Å². The number of benzene rings is 4. The zero-order chi connectivity index (χ0) is 52.7. The molecule has 2 unspecified atom stereocenters. The number of nitrogens with one attached hydrogen (secondary N) is 2. The van der Waals surface area contributed by atoms with Crippen LogP contribution in [0, 0.1) is 23.5 Å². The Balaban J connectivity index is 0.000000217. The van der Waals surface area contributed by atoms with Crippen molar-refractivity contribution in [2.24, 2.45) is 11.8 Å². The first-order valence-corrected chi connectivity index (χ1v) is 25.8. The highest BCUT2D eigenvalue weighted by atomic mass is 19.1. The van der Waals surface area contributed by atoms with Gasteiger partial charge in [-0.1, -0.05) is 38.5 Å². The third kappa shape index (κ3) is 14.1. The van der Waals surface area contributed by atoms with Crippen molar-refractivity contribution in [1.29, 1.82) is 0 Å². The van der Waals surface area contributed by atoms with Gasteiger partial charge in [0, 0.05) is 85.8 Å². The van der Waals surface area contributed by atoms with E-state index in [1.165, 1.54) is 46.9 Å². The van der Waals surface area contributed by atoms with Crippen LogP contribution in [0.2, 0.25) is 0 Å². The Hall–Kier alpha value is -6.78. The van der Waals surface area contributed by atoms with Crippen molar-refractivity contribution in [3.8, 4) is 0 Å². The van der Waals surface area contributed by atoms with E-state index in [2.05, 4.69) is 10.6 Å². The summed E-state index contributed by atoms with van der Waals surface area (Å²) in [4.78, 5) is 50.9. The number of carboxylic acids is 1. The molecule has 2 saturated carbocycles. The Bertz CT molecular complexity index is 2820. The van der Waals surface area contributed by atoms with Gasteiger partial charge in [-0.2, -0.15) is 0 Å². The minimum absolute atomic E-state index is 0.101. The van der Waals surface area contributed by atoms with Crippen LogP contribution >= 0.6 is 0 Å². The number of aliphatic carboxylic acids is 1. The zero-order valence-corrected chi connectivity index (χ0v) is 43.2. The first-order chi connectivity index (χ1) is 35.8. The van der Waals surface area contributed by atoms with E-state index in [0.717, 1.165) is 96.2 Å². The van der Waals surface area contributed by atoms with Gasteiger partial charge in [0.05, 0.1) is 44.7 Å². The number of esters is 1. The molecule has 14 nitrogen and oxygen atoms in total. The van der Waals surface area contributed by atoms with Gasteiger partial charge in [-0.3, -0.25) is 19.2 Å². The van der Waals surface area contributed by atoms with Gasteiger partial charge in [0.2, 0.25) is 0 Å². The van der Waals surface area contributed by atoms with Crippen LogP contribution in [0.4, 0.5) is 20.2 Å². The summed E-state index contributed by atoms with van der Waals surface area (Å²) in [6.45, 7) is 3.15. The number of hydrogen-bond acceptors (Lipinski definition) is 11. The summed E-state index contributed by atoms with van der Waals surface area (Å²) >= 11 is 0. The molecule has 0 radical (unpaired) electrons. The van der Waals surface area contributed by atoms with E-state index in [9.17, 15) is 28.0 Å². The fourth-order valence-corrected chi connectivity index (χ4v) is 10.3. The summed E-state index contributed by atoms with van der Waals surface area (Å²) in [5, 5.41) is 17.6. The predicted molar refractivity (Wildman–Crippen MR) is 280 cm³/mol. The monoisotopic (exact) mass is 1020 g/mol. The van der Waals surface area contributed by atoms with E-state index >= 15 is 0 Å². The normalized spacial score (nSPS) is 15.0. The van der Waals surface area contributed by atoms with Crippen LogP contribution in [0.5, 0.6) is 0 Å². The summed E-state index contributed by atoms with van der Waals surface area (Å²) < 4.78 is 56.7. The van der Waals surface area contributed by atoms with Crippen molar-refractivity contribution < 1.29 is 56.1 Å². The number of anilines is 2. The van der Waals surface area contributed by atoms with Crippen molar-refractivity contribution in [1.82, 2.24) is 9.80 Å². The Morgan fingerprint density at radius 1 is 0.622 bits per heavy atom. The Labute approximate surface area is 431 Å². The van der Waals surface area contributed by atoms with Crippen molar-refractivity contribution in [2.45, 2.75) is 109 Å². The fraction of sp³-hybridized carbons (Fsp3) is 0.448. The smallest absolute Gasteiger partial charge is 0.307 e. The fourth-order valence-electron chi connectivity index (χ4n) is 10.3. The molecule has 0 saturated heterocycles. The standard InChI is InChI=1S/C30H37FN2O5.C28H33FN2O5/c1-4-37-27(34)16-17-33(2)30(35)21-10-13-23(14-11-21)32-28(20-8-6-5-7-9-20)29-25(19-36-3)24-18-22(31)12-15-26(24)38-29;1-31(15-14-25(32)33)28(34)19-8-11-21(12-9-19)30-26(18-6-4-3-5-7-18)27-23(17-35-2)22-16-20(29)10-13-24(22)36-27/h10-15,18,20,28,32H,4-9,16-17,19H2,1-3H3;8-13,16,18,26,30H,3-7,14-15,17H2,1-2H3,(H,32,33). The molecule has 2 atom stereocenters. The largest absolute Gasteiger partial charge is 0.481 e. The molecular formula is C58H70F2N4O10. The number of carbonyl (C=O) groups excluding carboxylic acids is 3. The highest BCUT2D eigenvalue weighted by Gasteiger charge is 2.33. The van der Waals surface area contributed by atoms with E-state index in [1.807, 2.05) is 24.3 Å². The molecule has 2 aliphatic rings. The van der Waals surface area contributed by atoms with Crippen LogP contribution in [0.3, 0.4) is 0 Å². The number of methoxy groups -OCH3 is 2. The molecule has 2 fully saturated rings. The van der Waals surface area contributed by atoms with E-state index in [0.29, 0.717) is 53.9 Å². The summed E-state index contributed by atoms with van der Waals surface area (Å²) in [5.74, 6) is -0.0512. The Kier molecular flexibility index (Phi) is 19.6. The number of nitrogens with zero attached hydrogens (tertiary/aromatic N) is 2. The first kappa shape index (κ1) is 55.0. The molecular weight excluding hydrogens is 951 g/mol. The average Bonchev–Trinajstić information content (AvgIpc) is 3.95. The number of hydrogen-bond donors (Lipinski definition) is 3. The summed E-state index contributed by atoms with van der Waals surface area (Å²) in [6.07, 6.45) is 11.3. The molecule has 2 heterocycles. The minimum atomic E-state index is -0.941. The quantitative estimate of drug-likeness (QED) is 0.0583. The van der Waals surface area contributed by atoms with E-state index in [-0.39, 0.29) is 67.4 Å². The Morgan fingerprint density at radius 3 is 1.41 bits per heavy atom. The summed E-state index contributed by atoms with van der Waals surface area (Å²) in [5.41, 5.74) is 5.71. The number of carboxylic acid groups (broad SMARTS) is 1. The van der Waals surface area contributed by atoms with E-state index < -0.39 is 5.97 Å². The highest BCUT2D eigenvalue weighted by molar-refractivity contribution is 5.95. The molecule has 2 aromatic heterocycles. The second kappa shape index (κ2) is 26.4. The number of fused-ring (bicyclic) bond motifs is 2. The third-order valence-corrected chi connectivity index (χ3v) is 14.2. The molecule has 16 heteroatoms. The van der Waals surface area contributed by atoms with Crippen molar-refractivity contribution >= 4 is 57.1 Å². The van der Waals surface area contributed by atoms with Crippen molar-refractivity contribution in [3.63, 3.8) is 0 Å². The van der Waals surface area contributed by atoms with Crippen molar-refractivity contribution in [2.75, 3.05) is 58.6 Å². The summed E-state index contributed by atoms with van der Waals surface area (Å²) in [7, 11) is 6.52. The highest BCUT2D eigenvalue weighted by Crippen LogP contribution is 2.43. The molecule has 0 spiro atoms. The van der Waals surface area contributed by atoms with E-state index in [4.69, 9.17) is 28.2 Å². The SMILES string of the molecule is CCOC(=O)CCN(C)C(=O)c1ccc(NC(c2oc3ccc(F)cc3c2COC)C2CCCCC2)cc1.COCc1c(C(Nc2ccc(C(=O)N(C)CCC(=O)O)cc2)C2CCCCC2)oc2ccc(F)cc12. The lowest BCUT2D eigenvalue weighted by atomic mass is 9.82. The molecule has 2 amide bonds. The minimum Gasteiger partial charge on any atom is -0.481 e. The van der Waals surface area contributed by atoms with Gasteiger partial charge in [0.1, 0.15) is 34.3 Å². The molecule has 2 aliphatic carbocycles. The zero-order valence-electron chi connectivity index (χ0n) is 43.2. The topological polar surface area (TPSA) is 173 Å². The Morgan fingerprint density at radius 2 is 1.03 bits per heavy atom. The second-order valence-corrected chi connectivity index (χ2v) is 19.4. The van der Waals surface area contributed by atoms with Gasteiger partial charge >= 0.3 is 11.9 Å². The van der Waals surface area contributed by atoms with Crippen LogP contribution in [-0.2, 0) is 37.0 Å². The number of furan rings is 2. The van der Waals surface area contributed by atoms with Gasteiger partial charge in [-0.25, -0.2) is 8.78 Å². The molecule has 8 rings (SSSR count). The molecule has 0 bridgehead atoms. The lowest BCUT2D eigenvalue weighted by Crippen LogP contribution is -2.29. The maximum absolute atomic E-state index is 14.1. The van der Waals surface area contributed by atoms with Crippen LogP contribution < -0.4 is 10.6 Å². The van der Waals surface area contributed by atoms with Gasteiger partial charge in [-0.05, 0) is 129 Å². The molecule has 4 aromatic carbocycles. The number of amides is 2. The second-order valence-electron chi connectivity index (χ2n) is 19.4. The maximum atomic E-state index is 14.1. The maximum Gasteiger partial charge on any atom is 0.307 e. The number of rotatable bonds is 21.